The molecule has 13 heavy (non-hydrogen) atoms. The van der Waals surface area contributed by atoms with Gasteiger partial charge in [0.15, 0.2) is 0 Å². The predicted octanol–water partition coefficient (Wildman–Crippen LogP) is 0.968. The lowest BCUT2D eigenvalue weighted by Gasteiger charge is -1.88. The second kappa shape index (κ2) is 5.27. The number of aliphatic hydroxyl groups is 2. The number of thiophene rings is 1. The Bertz CT molecular complexity index is 384. The molecule has 1 rings (SSSR count). The highest BCUT2D eigenvalue weighted by atomic mass is 32.1. The van der Waals surface area contributed by atoms with Crippen LogP contribution in [0.15, 0.2) is 10.8 Å². The Balaban J connectivity index is 2.80. The van der Waals surface area contributed by atoms with Crippen LogP contribution in [0.1, 0.15) is 11.1 Å². The van der Waals surface area contributed by atoms with Crippen LogP contribution in [0.3, 0.4) is 0 Å². The molecule has 3 heteroatoms. The highest BCUT2D eigenvalue weighted by Crippen LogP contribution is 2.13. The average molecular weight is 192 g/mol. The normalized spacial score (nSPS) is 8.08. The van der Waals surface area contributed by atoms with E-state index in [0.717, 1.165) is 11.1 Å². The summed E-state index contributed by atoms with van der Waals surface area (Å²) in [5, 5.41) is 20.6. The molecule has 0 fully saturated rings. The summed E-state index contributed by atoms with van der Waals surface area (Å²) >= 11 is 1.53. The fraction of sp³-hybridized carbons (Fsp3) is 0.200. The summed E-state index contributed by atoms with van der Waals surface area (Å²) in [6.07, 6.45) is 2.34. The maximum absolute atomic E-state index is 8.49. The SMILES string of the molecule is OC#CCc1cscc1C#CCO. The van der Waals surface area contributed by atoms with E-state index in [2.05, 4.69) is 17.8 Å². The van der Waals surface area contributed by atoms with Gasteiger partial charge in [0.25, 0.3) is 0 Å². The zero-order valence-electron chi connectivity index (χ0n) is 6.87. The van der Waals surface area contributed by atoms with E-state index < -0.39 is 0 Å². The summed E-state index contributed by atoms with van der Waals surface area (Å²) in [5.74, 6) is 7.93. The Labute approximate surface area is 80.8 Å². The highest BCUT2D eigenvalue weighted by Gasteiger charge is 1.98. The van der Waals surface area contributed by atoms with Gasteiger partial charge in [-0.15, -0.1) is 0 Å². The summed E-state index contributed by atoms with van der Waals surface area (Å²) in [6, 6.07) is 0. The first-order valence-electron chi connectivity index (χ1n) is 3.65. The second-order valence-corrected chi connectivity index (χ2v) is 2.98. The van der Waals surface area contributed by atoms with Gasteiger partial charge in [0.1, 0.15) is 12.7 Å². The first-order chi connectivity index (χ1) is 6.38. The van der Waals surface area contributed by atoms with E-state index in [9.17, 15) is 0 Å². The van der Waals surface area contributed by atoms with Crippen LogP contribution in [-0.4, -0.2) is 16.8 Å². The first-order valence-corrected chi connectivity index (χ1v) is 4.59. The molecule has 0 amide bonds. The van der Waals surface area contributed by atoms with E-state index in [-0.39, 0.29) is 6.61 Å². The maximum Gasteiger partial charge on any atom is 0.107 e. The lowest BCUT2D eigenvalue weighted by molar-refractivity contribution is 0.350. The van der Waals surface area contributed by atoms with Crippen molar-refractivity contribution in [2.24, 2.45) is 0 Å². The zero-order chi connectivity index (χ0) is 9.52. The fourth-order valence-electron chi connectivity index (χ4n) is 0.840. The molecule has 0 aliphatic rings. The van der Waals surface area contributed by atoms with Gasteiger partial charge in [-0.05, 0) is 10.9 Å². The third-order valence-corrected chi connectivity index (χ3v) is 2.19. The Morgan fingerprint density at radius 1 is 1.31 bits per heavy atom. The summed E-state index contributed by atoms with van der Waals surface area (Å²) in [6.45, 7) is -0.138. The molecule has 0 unspecified atom stereocenters. The molecule has 0 saturated heterocycles. The largest absolute Gasteiger partial charge is 0.462 e. The molecule has 0 aliphatic heterocycles. The van der Waals surface area contributed by atoms with Crippen molar-refractivity contribution in [2.45, 2.75) is 6.42 Å². The van der Waals surface area contributed by atoms with Gasteiger partial charge in [0.05, 0.1) is 0 Å². The summed E-state index contributed by atoms with van der Waals surface area (Å²) < 4.78 is 0. The molecular formula is C10H8O2S. The smallest absolute Gasteiger partial charge is 0.107 e. The van der Waals surface area contributed by atoms with E-state index in [1.807, 2.05) is 16.9 Å². The molecular weight excluding hydrogens is 184 g/mol. The lowest BCUT2D eigenvalue weighted by atomic mass is 10.1. The topological polar surface area (TPSA) is 40.5 Å². The van der Waals surface area contributed by atoms with Crippen molar-refractivity contribution in [1.82, 2.24) is 0 Å². The molecule has 0 radical (unpaired) electrons. The van der Waals surface area contributed by atoms with Crippen LogP contribution in [0, 0.1) is 23.9 Å². The Morgan fingerprint density at radius 3 is 2.85 bits per heavy atom. The van der Waals surface area contributed by atoms with Crippen molar-refractivity contribution in [3.63, 3.8) is 0 Å². The van der Waals surface area contributed by atoms with E-state index in [1.54, 1.807) is 0 Å². The summed E-state index contributed by atoms with van der Waals surface area (Å²) in [7, 11) is 0. The Kier molecular flexibility index (Phi) is 3.92. The number of hydrogen-bond donors (Lipinski definition) is 2. The van der Waals surface area contributed by atoms with Crippen LogP contribution in [0.2, 0.25) is 0 Å². The quantitative estimate of drug-likeness (QED) is 0.651. The van der Waals surface area contributed by atoms with Crippen molar-refractivity contribution < 1.29 is 10.2 Å². The molecule has 1 aromatic heterocycles. The molecule has 0 aromatic carbocycles. The Hall–Kier alpha value is -1.42. The molecule has 1 heterocycles. The van der Waals surface area contributed by atoms with Gasteiger partial charge in [-0.3, -0.25) is 0 Å². The second-order valence-electron chi connectivity index (χ2n) is 2.24. The standard InChI is InChI=1S/C10H8O2S/c11-5-1-3-9-7-13-8-10(9)4-2-6-12/h7-8,11-12H,3,6H2. The highest BCUT2D eigenvalue weighted by molar-refractivity contribution is 7.08. The van der Waals surface area contributed by atoms with E-state index in [4.69, 9.17) is 10.2 Å². The molecule has 0 bridgehead atoms. The minimum absolute atomic E-state index is 0.138. The molecule has 0 saturated carbocycles. The van der Waals surface area contributed by atoms with Gasteiger partial charge in [0, 0.05) is 17.4 Å². The van der Waals surface area contributed by atoms with Crippen molar-refractivity contribution >= 4 is 11.3 Å². The third-order valence-electron chi connectivity index (χ3n) is 1.40. The van der Waals surface area contributed by atoms with Gasteiger partial charge in [-0.1, -0.05) is 17.8 Å². The van der Waals surface area contributed by atoms with Gasteiger partial charge in [0.2, 0.25) is 0 Å². The van der Waals surface area contributed by atoms with Crippen molar-refractivity contribution in [1.29, 1.82) is 0 Å². The Morgan fingerprint density at radius 2 is 2.15 bits per heavy atom. The third kappa shape index (κ3) is 2.83. The molecule has 1 aromatic rings. The van der Waals surface area contributed by atoms with Crippen molar-refractivity contribution in [3.05, 3.63) is 21.9 Å². The molecule has 0 spiro atoms. The van der Waals surface area contributed by atoms with Gasteiger partial charge < -0.3 is 10.2 Å². The molecule has 66 valence electrons. The zero-order valence-corrected chi connectivity index (χ0v) is 7.69. The van der Waals surface area contributed by atoms with E-state index in [0.29, 0.717) is 6.42 Å². The van der Waals surface area contributed by atoms with Crippen LogP contribution in [0.25, 0.3) is 0 Å². The average Bonchev–Trinajstić information content (AvgIpc) is 2.59. The number of aliphatic hydroxyl groups excluding tert-OH is 2. The first kappa shape index (κ1) is 9.67. The maximum atomic E-state index is 8.49. The minimum atomic E-state index is -0.138. The van der Waals surface area contributed by atoms with Crippen LogP contribution in [0.4, 0.5) is 0 Å². The van der Waals surface area contributed by atoms with Crippen molar-refractivity contribution in [3.8, 4) is 23.9 Å². The minimum Gasteiger partial charge on any atom is -0.462 e. The van der Waals surface area contributed by atoms with Crippen LogP contribution < -0.4 is 0 Å². The lowest BCUT2D eigenvalue weighted by Crippen LogP contribution is -1.82. The van der Waals surface area contributed by atoms with Crippen LogP contribution in [-0.2, 0) is 6.42 Å². The summed E-state index contributed by atoms with van der Waals surface area (Å²) in [4.78, 5) is 0. The molecule has 0 aliphatic carbocycles. The summed E-state index contributed by atoms with van der Waals surface area (Å²) in [5.41, 5.74) is 1.87. The van der Waals surface area contributed by atoms with E-state index in [1.165, 1.54) is 11.3 Å². The van der Waals surface area contributed by atoms with Crippen molar-refractivity contribution in [2.75, 3.05) is 6.61 Å². The predicted molar refractivity (Wildman–Crippen MR) is 51.7 cm³/mol. The van der Waals surface area contributed by atoms with Gasteiger partial charge in [-0.2, -0.15) is 11.3 Å². The van der Waals surface area contributed by atoms with E-state index >= 15 is 0 Å². The fourth-order valence-corrected chi connectivity index (χ4v) is 1.63. The van der Waals surface area contributed by atoms with Crippen LogP contribution >= 0.6 is 11.3 Å². The number of rotatable bonds is 1. The van der Waals surface area contributed by atoms with Crippen LogP contribution in [0.5, 0.6) is 0 Å². The molecule has 2 nitrogen and oxygen atoms in total. The van der Waals surface area contributed by atoms with Gasteiger partial charge >= 0.3 is 0 Å². The molecule has 2 N–H and O–H groups in total. The molecule has 0 atom stereocenters. The monoisotopic (exact) mass is 192 g/mol. The van der Waals surface area contributed by atoms with Gasteiger partial charge in [-0.25, -0.2) is 0 Å². The number of hydrogen-bond acceptors (Lipinski definition) is 3.